The Bertz CT molecular complexity index is 428. The van der Waals surface area contributed by atoms with Gasteiger partial charge in [-0.05, 0) is 12.8 Å². The Balaban J connectivity index is -0.000000259. The first-order valence-corrected chi connectivity index (χ1v) is 15.1. The van der Waals surface area contributed by atoms with Gasteiger partial charge in [-0.1, -0.05) is 173 Å². The topological polar surface area (TPSA) is 38.3 Å². The molecule has 0 aromatic carbocycles. The van der Waals surface area contributed by atoms with Gasteiger partial charge >= 0.3 is 0 Å². The van der Waals surface area contributed by atoms with E-state index in [1.807, 2.05) is 21.1 Å². The van der Waals surface area contributed by atoms with Gasteiger partial charge in [-0.2, -0.15) is 0 Å². The van der Waals surface area contributed by atoms with Crippen LogP contribution in [0.25, 0.3) is 0 Å². The van der Waals surface area contributed by atoms with Gasteiger partial charge in [-0.3, -0.25) is 4.79 Å². The van der Waals surface area contributed by atoms with E-state index in [2.05, 4.69) is 12.2 Å². The summed E-state index contributed by atoms with van der Waals surface area (Å²) in [6.45, 7) is 5.16. The molecular formula is C36H87ClN2O2. The first-order chi connectivity index (χ1) is 16.5. The number of amides is 1. The van der Waals surface area contributed by atoms with Gasteiger partial charge in [0.2, 0.25) is 0 Å². The summed E-state index contributed by atoms with van der Waals surface area (Å²) in [7, 11) is 6.09. The molecule has 4 nitrogen and oxygen atoms in total. The lowest BCUT2D eigenvalue weighted by Crippen LogP contribution is -3.00. The first-order valence-electron chi connectivity index (χ1n) is 15.1. The van der Waals surface area contributed by atoms with E-state index in [0.717, 1.165) is 26.2 Å². The second kappa shape index (κ2) is 46.6. The molecular weight excluding hydrogens is 528 g/mol. The molecule has 0 aliphatic rings. The summed E-state index contributed by atoms with van der Waals surface area (Å²) in [6.07, 6.45) is 29.2. The van der Waals surface area contributed by atoms with E-state index < -0.39 is 0 Å². The van der Waals surface area contributed by atoms with Gasteiger partial charge in [0, 0.05) is 19.8 Å². The standard InChI is InChI=1S/C30H62N2O2.6CH4.ClH/c1-5-6-7-8-9-10-11-12-13-14-15-16-17-18-19-20-21-22-23-24-27-34-28-25-26-31-30(33)29-32(2,3)4;;;;;;;/h5-29H2,1-4H3;6*1H4;1H. The van der Waals surface area contributed by atoms with Gasteiger partial charge in [-0.15, -0.1) is 0 Å². The summed E-state index contributed by atoms with van der Waals surface area (Å²) in [5.74, 6) is 0.126. The number of unbranched alkanes of at least 4 members (excludes halogenated alkanes) is 19. The number of nitrogens with zero attached hydrogens (tertiary/aromatic N) is 1. The third kappa shape index (κ3) is 56.1. The van der Waals surface area contributed by atoms with Crippen molar-refractivity contribution in [1.29, 1.82) is 0 Å². The largest absolute Gasteiger partial charge is 1.00 e. The Hall–Kier alpha value is -0.320. The van der Waals surface area contributed by atoms with Crippen molar-refractivity contribution in [3.8, 4) is 0 Å². The monoisotopic (exact) mass is 615 g/mol. The highest BCUT2D eigenvalue weighted by Gasteiger charge is 2.13. The second-order valence-corrected chi connectivity index (χ2v) is 11.5. The number of halogens is 1. The van der Waals surface area contributed by atoms with Crippen molar-refractivity contribution in [3.05, 3.63) is 0 Å². The summed E-state index contributed by atoms with van der Waals surface area (Å²) < 4.78 is 6.37. The van der Waals surface area contributed by atoms with Gasteiger partial charge in [0.05, 0.1) is 21.1 Å². The molecule has 0 saturated heterocycles. The van der Waals surface area contributed by atoms with Crippen molar-refractivity contribution in [2.45, 2.75) is 186 Å². The van der Waals surface area contributed by atoms with Crippen molar-refractivity contribution in [2.75, 3.05) is 47.4 Å². The Morgan fingerprint density at radius 2 is 0.805 bits per heavy atom. The highest BCUT2D eigenvalue weighted by atomic mass is 35.5. The average Bonchev–Trinajstić information content (AvgIpc) is 2.78. The molecule has 0 aromatic rings. The quantitative estimate of drug-likeness (QED) is 0.0741. The maximum atomic E-state index is 11.7. The SMILES string of the molecule is C.C.C.C.C.C.CCCCCCCCCCCCCCCCCCCCCCOCCCNC(=O)C[N+](C)(C)C.[Cl-]. The van der Waals surface area contributed by atoms with Crippen LogP contribution in [-0.4, -0.2) is 57.8 Å². The Morgan fingerprint density at radius 1 is 0.512 bits per heavy atom. The summed E-state index contributed by atoms with van der Waals surface area (Å²) in [6, 6.07) is 0. The molecule has 1 amide bonds. The molecule has 0 aliphatic carbocycles. The first kappa shape index (κ1) is 60.0. The van der Waals surface area contributed by atoms with Crippen LogP contribution in [0.5, 0.6) is 0 Å². The summed E-state index contributed by atoms with van der Waals surface area (Å²) in [5, 5.41) is 2.97. The van der Waals surface area contributed by atoms with Crippen LogP contribution in [-0.2, 0) is 9.53 Å². The van der Waals surface area contributed by atoms with Crippen LogP contribution in [0.4, 0.5) is 0 Å². The average molecular weight is 616 g/mol. The predicted molar refractivity (Wildman–Crippen MR) is 190 cm³/mol. The molecule has 0 bridgehead atoms. The summed E-state index contributed by atoms with van der Waals surface area (Å²) in [4.78, 5) is 11.7. The molecule has 0 heterocycles. The number of carbonyl (C=O) groups is 1. The Kier molecular flexibility index (Phi) is 68.2. The van der Waals surface area contributed by atoms with Crippen molar-refractivity contribution >= 4 is 5.91 Å². The van der Waals surface area contributed by atoms with E-state index in [4.69, 9.17) is 4.74 Å². The summed E-state index contributed by atoms with van der Waals surface area (Å²) in [5.41, 5.74) is 0. The van der Waals surface area contributed by atoms with Gasteiger partial charge in [0.1, 0.15) is 0 Å². The molecule has 260 valence electrons. The molecule has 0 radical (unpaired) electrons. The number of hydrogen-bond acceptors (Lipinski definition) is 2. The number of carbonyl (C=O) groups excluding carboxylic acids is 1. The highest BCUT2D eigenvalue weighted by Crippen LogP contribution is 2.14. The second-order valence-electron chi connectivity index (χ2n) is 11.5. The van der Waals surface area contributed by atoms with Crippen molar-refractivity contribution in [3.63, 3.8) is 0 Å². The molecule has 1 N–H and O–H groups in total. The molecule has 0 rings (SSSR count). The molecule has 0 aliphatic heterocycles. The molecule has 0 saturated carbocycles. The van der Waals surface area contributed by atoms with E-state index in [1.54, 1.807) is 0 Å². The lowest BCUT2D eigenvalue weighted by atomic mass is 10.0. The minimum Gasteiger partial charge on any atom is -1.00 e. The van der Waals surface area contributed by atoms with Crippen LogP contribution < -0.4 is 17.7 Å². The molecule has 0 fully saturated rings. The number of quaternary nitrogens is 1. The van der Waals surface area contributed by atoms with Crippen molar-refractivity contribution < 1.29 is 26.4 Å². The number of hydrogen-bond donors (Lipinski definition) is 1. The van der Waals surface area contributed by atoms with Crippen LogP contribution in [0.2, 0.25) is 0 Å². The van der Waals surface area contributed by atoms with Gasteiger partial charge in [0.15, 0.2) is 6.54 Å². The molecule has 0 atom stereocenters. The van der Waals surface area contributed by atoms with E-state index in [0.29, 0.717) is 11.0 Å². The van der Waals surface area contributed by atoms with Gasteiger partial charge in [0.25, 0.3) is 5.91 Å². The smallest absolute Gasteiger partial charge is 0.275 e. The highest BCUT2D eigenvalue weighted by molar-refractivity contribution is 5.76. The van der Waals surface area contributed by atoms with E-state index in [1.165, 1.54) is 128 Å². The van der Waals surface area contributed by atoms with Crippen LogP contribution in [0.1, 0.15) is 186 Å². The fourth-order valence-electron chi connectivity index (χ4n) is 4.45. The predicted octanol–water partition coefficient (Wildman–Crippen LogP) is 8.86. The lowest BCUT2D eigenvalue weighted by molar-refractivity contribution is -0.862. The van der Waals surface area contributed by atoms with Gasteiger partial charge in [-0.25, -0.2) is 0 Å². The molecule has 41 heavy (non-hydrogen) atoms. The Labute approximate surface area is 270 Å². The molecule has 0 unspecified atom stereocenters. The zero-order valence-electron chi connectivity index (χ0n) is 24.3. The van der Waals surface area contributed by atoms with Crippen molar-refractivity contribution in [1.82, 2.24) is 5.32 Å². The number of ether oxygens (including phenoxy) is 1. The van der Waals surface area contributed by atoms with Crippen LogP contribution in [0.15, 0.2) is 0 Å². The van der Waals surface area contributed by atoms with E-state index in [9.17, 15) is 4.79 Å². The third-order valence-corrected chi connectivity index (χ3v) is 6.55. The van der Waals surface area contributed by atoms with Crippen LogP contribution in [0.3, 0.4) is 0 Å². The minimum atomic E-state index is 0. The van der Waals surface area contributed by atoms with Crippen LogP contribution >= 0.6 is 0 Å². The zero-order valence-corrected chi connectivity index (χ0v) is 25.1. The van der Waals surface area contributed by atoms with E-state index in [-0.39, 0.29) is 62.9 Å². The molecule has 5 heteroatoms. The Morgan fingerprint density at radius 3 is 1.12 bits per heavy atom. The zero-order chi connectivity index (χ0) is 25.2. The maximum absolute atomic E-state index is 11.7. The lowest BCUT2D eigenvalue weighted by Gasteiger charge is -2.22. The van der Waals surface area contributed by atoms with Crippen LogP contribution in [0, 0.1) is 0 Å². The number of nitrogens with one attached hydrogen (secondary N) is 1. The van der Waals surface area contributed by atoms with Gasteiger partial charge < -0.3 is 26.9 Å². The summed E-state index contributed by atoms with van der Waals surface area (Å²) >= 11 is 0. The number of likely N-dealkylation sites (N-methyl/N-ethyl adjacent to an activating group) is 1. The normalized spacial score (nSPS) is 9.76. The fraction of sp³-hybridized carbons (Fsp3) is 0.972. The molecule has 0 spiro atoms. The van der Waals surface area contributed by atoms with Crippen molar-refractivity contribution in [2.24, 2.45) is 0 Å². The third-order valence-electron chi connectivity index (χ3n) is 6.55. The fourth-order valence-corrected chi connectivity index (χ4v) is 4.45. The maximum Gasteiger partial charge on any atom is 0.275 e. The minimum absolute atomic E-state index is 0. The molecule has 0 aromatic heterocycles. The number of rotatable bonds is 27. The van der Waals surface area contributed by atoms with E-state index >= 15 is 0 Å².